The molecule has 228 valence electrons. The first-order valence-electron chi connectivity index (χ1n) is 14.1. The second-order valence-electron chi connectivity index (χ2n) is 10.5. The number of hydrogen-bond acceptors (Lipinski definition) is 6. The number of rotatable bonds is 11. The van der Waals surface area contributed by atoms with Crippen LogP contribution in [0.15, 0.2) is 77.7 Å². The fourth-order valence-corrected chi connectivity index (χ4v) is 6.02. The molecule has 0 bridgehead atoms. The van der Waals surface area contributed by atoms with E-state index in [0.29, 0.717) is 25.3 Å². The number of sulfone groups is 1. The van der Waals surface area contributed by atoms with Crippen LogP contribution in [0.25, 0.3) is 0 Å². The zero-order valence-electron chi connectivity index (χ0n) is 23.8. The Bertz CT molecular complexity index is 1520. The van der Waals surface area contributed by atoms with Gasteiger partial charge in [-0.15, -0.1) is 0 Å². The van der Waals surface area contributed by atoms with Crippen LogP contribution in [0.1, 0.15) is 59.2 Å². The van der Waals surface area contributed by atoms with Crippen molar-refractivity contribution in [1.29, 1.82) is 5.26 Å². The Hall–Kier alpha value is -3.88. The van der Waals surface area contributed by atoms with Crippen molar-refractivity contribution in [3.05, 3.63) is 95.1 Å². The fourth-order valence-electron chi connectivity index (χ4n) is 5.14. The summed E-state index contributed by atoms with van der Waals surface area (Å²) in [6, 6.07) is 20.9. The van der Waals surface area contributed by atoms with Gasteiger partial charge in [0, 0.05) is 30.3 Å². The Labute approximate surface area is 250 Å². The van der Waals surface area contributed by atoms with Crippen LogP contribution in [0.3, 0.4) is 0 Å². The molecule has 0 radical (unpaired) electrons. The zero-order valence-corrected chi connectivity index (χ0v) is 24.6. The van der Waals surface area contributed by atoms with E-state index in [2.05, 4.69) is 16.3 Å². The van der Waals surface area contributed by atoms with Gasteiger partial charge >= 0.3 is 6.18 Å². The quantitative estimate of drug-likeness (QED) is 0.262. The van der Waals surface area contributed by atoms with Crippen LogP contribution in [0.4, 0.5) is 18.9 Å². The third kappa shape index (κ3) is 8.36. The fraction of sp³-hybridized carbons (Fsp3) is 0.375. The van der Waals surface area contributed by atoms with Crippen molar-refractivity contribution in [3.63, 3.8) is 0 Å². The maximum Gasteiger partial charge on any atom is 0.416 e. The molecule has 1 fully saturated rings. The molecule has 2 atom stereocenters. The van der Waals surface area contributed by atoms with Crippen molar-refractivity contribution in [3.8, 4) is 6.07 Å². The smallest absolute Gasteiger partial charge is 0.378 e. The van der Waals surface area contributed by atoms with Crippen molar-refractivity contribution in [2.75, 3.05) is 30.4 Å². The van der Waals surface area contributed by atoms with Crippen molar-refractivity contribution in [2.45, 2.75) is 55.8 Å². The number of ether oxygens (including phenoxy) is 1. The Kier molecular flexibility index (Phi) is 10.5. The highest BCUT2D eigenvalue weighted by molar-refractivity contribution is 7.91. The SMILES string of the molecule is CCS(=O)(=O)c1ccc(CNC(=O)c2ccc(N3CC(c4ccc(C(F)(F)F)cc4)CC[C@H]3COCCC#N)cc2)cc1. The van der Waals surface area contributed by atoms with Gasteiger partial charge in [-0.25, -0.2) is 8.42 Å². The van der Waals surface area contributed by atoms with Crippen molar-refractivity contribution in [2.24, 2.45) is 0 Å². The molecular weight excluding hydrogens is 579 g/mol. The highest BCUT2D eigenvalue weighted by Crippen LogP contribution is 2.36. The zero-order chi connectivity index (χ0) is 31.0. The first-order valence-corrected chi connectivity index (χ1v) is 15.8. The molecule has 1 aliphatic rings. The summed E-state index contributed by atoms with van der Waals surface area (Å²) in [6.07, 6.45) is -2.58. The monoisotopic (exact) mass is 613 g/mol. The third-order valence-corrected chi connectivity index (χ3v) is 9.41. The number of anilines is 1. The van der Waals surface area contributed by atoms with Crippen molar-refractivity contribution in [1.82, 2.24) is 5.32 Å². The number of carbonyl (C=O) groups is 1. The van der Waals surface area contributed by atoms with Crippen LogP contribution in [-0.2, 0) is 27.3 Å². The normalized spacial score (nSPS) is 17.3. The maximum absolute atomic E-state index is 13.1. The summed E-state index contributed by atoms with van der Waals surface area (Å²) in [5, 5.41) is 11.7. The van der Waals surface area contributed by atoms with Crippen LogP contribution in [-0.4, -0.2) is 45.9 Å². The summed E-state index contributed by atoms with van der Waals surface area (Å²) >= 11 is 0. The number of piperidine rings is 1. The van der Waals surface area contributed by atoms with Gasteiger partial charge in [0.25, 0.3) is 5.91 Å². The minimum absolute atomic E-state index is 0.00330. The van der Waals surface area contributed by atoms with E-state index in [1.165, 1.54) is 12.1 Å². The van der Waals surface area contributed by atoms with Crippen molar-refractivity contribution >= 4 is 21.4 Å². The van der Waals surface area contributed by atoms with E-state index in [4.69, 9.17) is 10.00 Å². The van der Waals surface area contributed by atoms with E-state index in [0.717, 1.165) is 41.8 Å². The van der Waals surface area contributed by atoms with Crippen molar-refractivity contribution < 1.29 is 31.1 Å². The number of nitrogens with zero attached hydrogens (tertiary/aromatic N) is 2. The van der Waals surface area contributed by atoms with E-state index >= 15 is 0 Å². The van der Waals surface area contributed by atoms with Gasteiger partial charge in [0.2, 0.25) is 0 Å². The molecule has 0 spiro atoms. The first kappa shape index (κ1) is 32.0. The number of nitrogens with one attached hydrogen (secondary N) is 1. The van der Waals surface area contributed by atoms with Gasteiger partial charge in [0.15, 0.2) is 9.84 Å². The number of benzene rings is 3. The Balaban J connectivity index is 1.44. The molecule has 43 heavy (non-hydrogen) atoms. The van der Waals surface area contributed by atoms with Gasteiger partial charge in [-0.1, -0.05) is 31.2 Å². The molecule has 1 amide bonds. The van der Waals surface area contributed by atoms with E-state index in [1.807, 2.05) is 12.1 Å². The van der Waals surface area contributed by atoms with Gasteiger partial charge in [0.1, 0.15) is 0 Å². The van der Waals surface area contributed by atoms with E-state index in [9.17, 15) is 26.4 Å². The molecular formula is C32H34F3N3O4S. The van der Waals surface area contributed by atoms with Crippen LogP contribution in [0.2, 0.25) is 0 Å². The van der Waals surface area contributed by atoms with Crippen LogP contribution < -0.4 is 10.2 Å². The molecule has 0 saturated carbocycles. The summed E-state index contributed by atoms with van der Waals surface area (Å²) < 4.78 is 69.0. The molecule has 3 aromatic rings. The van der Waals surface area contributed by atoms with Gasteiger partial charge in [-0.05, 0) is 72.5 Å². The lowest BCUT2D eigenvalue weighted by Gasteiger charge is -2.41. The molecule has 1 heterocycles. The first-order chi connectivity index (χ1) is 20.5. The lowest BCUT2D eigenvalue weighted by atomic mass is 9.86. The molecule has 7 nitrogen and oxygen atoms in total. The lowest BCUT2D eigenvalue weighted by Crippen LogP contribution is -2.45. The van der Waals surface area contributed by atoms with Crippen LogP contribution in [0, 0.1) is 11.3 Å². The molecule has 0 aromatic heterocycles. The molecule has 4 rings (SSSR count). The van der Waals surface area contributed by atoms with E-state index in [-0.39, 0.29) is 41.5 Å². The highest BCUT2D eigenvalue weighted by atomic mass is 32.2. The lowest BCUT2D eigenvalue weighted by molar-refractivity contribution is -0.137. The Morgan fingerprint density at radius 3 is 2.30 bits per heavy atom. The molecule has 1 unspecified atom stereocenters. The number of nitriles is 1. The summed E-state index contributed by atoms with van der Waals surface area (Å²) in [5.74, 6) is -0.255. The molecule has 0 aliphatic carbocycles. The van der Waals surface area contributed by atoms with Gasteiger partial charge in [-0.3, -0.25) is 4.79 Å². The molecule has 3 aromatic carbocycles. The minimum Gasteiger partial charge on any atom is -0.378 e. The summed E-state index contributed by atoms with van der Waals surface area (Å²) in [4.78, 5) is 15.2. The maximum atomic E-state index is 13.1. The predicted molar refractivity (Wildman–Crippen MR) is 157 cm³/mol. The average molecular weight is 614 g/mol. The van der Waals surface area contributed by atoms with E-state index < -0.39 is 21.6 Å². The van der Waals surface area contributed by atoms with Gasteiger partial charge < -0.3 is 15.0 Å². The minimum atomic E-state index is -4.39. The number of halogens is 3. The summed E-state index contributed by atoms with van der Waals surface area (Å²) in [6.45, 7) is 3.10. The molecule has 11 heteroatoms. The Morgan fingerprint density at radius 1 is 1.02 bits per heavy atom. The second-order valence-corrected chi connectivity index (χ2v) is 12.7. The van der Waals surface area contributed by atoms with Gasteiger partial charge in [0.05, 0.1) is 48.0 Å². The number of hydrogen-bond donors (Lipinski definition) is 1. The largest absolute Gasteiger partial charge is 0.416 e. The summed E-state index contributed by atoms with van der Waals surface area (Å²) in [5.41, 5.74) is 2.23. The van der Waals surface area contributed by atoms with Crippen LogP contribution >= 0.6 is 0 Å². The second kappa shape index (κ2) is 14.1. The number of alkyl halides is 3. The Morgan fingerprint density at radius 2 is 1.70 bits per heavy atom. The van der Waals surface area contributed by atoms with Gasteiger partial charge in [-0.2, -0.15) is 18.4 Å². The molecule has 1 aliphatic heterocycles. The summed E-state index contributed by atoms with van der Waals surface area (Å²) in [7, 11) is -3.29. The molecule has 1 N–H and O–H groups in total. The molecule has 1 saturated heterocycles. The standard InChI is InChI=1S/C32H34F3N3O4S/c1-2-43(40,41)30-16-4-23(5-17-30)20-37-31(39)25-8-13-28(14-9-25)38-21-26(10-15-29(38)22-42-19-3-18-36)24-6-11-27(12-7-24)32(33,34)35/h4-9,11-14,16-17,26,29H,2-3,10,15,19-22H2,1H3,(H,37,39)/t26?,29-/m0/s1. The predicted octanol–water partition coefficient (Wildman–Crippen LogP) is 6.11. The third-order valence-electron chi connectivity index (χ3n) is 7.66. The average Bonchev–Trinajstić information content (AvgIpc) is 3.02. The topological polar surface area (TPSA) is 99.5 Å². The van der Waals surface area contributed by atoms with Crippen LogP contribution in [0.5, 0.6) is 0 Å². The highest BCUT2D eigenvalue weighted by Gasteiger charge is 2.32. The van der Waals surface area contributed by atoms with E-state index in [1.54, 1.807) is 43.3 Å². The number of amides is 1. The number of carbonyl (C=O) groups excluding carboxylic acids is 1.